The summed E-state index contributed by atoms with van der Waals surface area (Å²) in [4.78, 5) is 1.05. The number of thioether (sulfide) groups is 1. The predicted octanol–water partition coefficient (Wildman–Crippen LogP) is 2.44. The van der Waals surface area contributed by atoms with Gasteiger partial charge in [-0.2, -0.15) is 5.10 Å². The van der Waals surface area contributed by atoms with Crippen molar-refractivity contribution in [1.82, 2.24) is 9.78 Å². The van der Waals surface area contributed by atoms with Gasteiger partial charge in [-0.1, -0.05) is 19.8 Å². The van der Waals surface area contributed by atoms with Gasteiger partial charge in [-0.3, -0.25) is 0 Å². The highest BCUT2D eigenvalue weighted by atomic mass is 32.2. The van der Waals surface area contributed by atoms with Gasteiger partial charge in [-0.05, 0) is 25.0 Å². The Hall–Kier alpha value is -0.680. The van der Waals surface area contributed by atoms with Crippen molar-refractivity contribution in [2.75, 3.05) is 11.5 Å². The van der Waals surface area contributed by atoms with Gasteiger partial charge in [-0.15, -0.1) is 11.8 Å². The van der Waals surface area contributed by atoms with Crippen LogP contribution in [0.1, 0.15) is 45.1 Å². The topological polar surface area (TPSA) is 64.1 Å². The molecule has 2 unspecified atom stereocenters. The van der Waals surface area contributed by atoms with Crippen molar-refractivity contribution in [3.05, 3.63) is 6.20 Å². The van der Waals surface area contributed by atoms with Crippen molar-refractivity contribution < 1.29 is 5.11 Å². The van der Waals surface area contributed by atoms with Gasteiger partial charge in [0.25, 0.3) is 0 Å². The van der Waals surface area contributed by atoms with Gasteiger partial charge in [0.2, 0.25) is 0 Å². The molecule has 0 amide bonds. The Balaban J connectivity index is 2.12. The smallest absolute Gasteiger partial charge is 0.135 e. The summed E-state index contributed by atoms with van der Waals surface area (Å²) in [6.07, 6.45) is 6.76. The minimum absolute atomic E-state index is 0.0692. The normalized spacial score (nSPS) is 25.1. The van der Waals surface area contributed by atoms with Crippen LogP contribution in [0, 0.1) is 0 Å². The van der Waals surface area contributed by atoms with E-state index in [-0.39, 0.29) is 12.1 Å². The second kappa shape index (κ2) is 5.78. The molecular formula is C12H21N3OS. The largest absolute Gasteiger partial charge is 0.391 e. The van der Waals surface area contributed by atoms with Crippen LogP contribution in [0.25, 0.3) is 0 Å². The van der Waals surface area contributed by atoms with Crippen molar-refractivity contribution in [3.8, 4) is 0 Å². The minimum Gasteiger partial charge on any atom is -0.391 e. The molecule has 3 N–H and O–H groups in total. The highest BCUT2D eigenvalue weighted by Gasteiger charge is 2.27. The third-order valence-electron chi connectivity index (χ3n) is 3.27. The molecule has 96 valence electrons. The highest BCUT2D eigenvalue weighted by molar-refractivity contribution is 7.99. The first-order chi connectivity index (χ1) is 8.24. The van der Waals surface area contributed by atoms with Gasteiger partial charge in [0.1, 0.15) is 5.82 Å². The van der Waals surface area contributed by atoms with E-state index in [1.165, 1.54) is 0 Å². The second-order valence-corrected chi connectivity index (χ2v) is 5.74. The van der Waals surface area contributed by atoms with E-state index < -0.39 is 0 Å². The molecule has 1 aromatic rings. The zero-order chi connectivity index (χ0) is 12.3. The van der Waals surface area contributed by atoms with E-state index in [0.717, 1.165) is 48.6 Å². The molecule has 5 heteroatoms. The first kappa shape index (κ1) is 12.8. The summed E-state index contributed by atoms with van der Waals surface area (Å²) < 4.78 is 1.82. The molecule has 1 heterocycles. The lowest BCUT2D eigenvalue weighted by atomic mass is 9.93. The Kier molecular flexibility index (Phi) is 4.34. The molecule has 0 spiro atoms. The maximum absolute atomic E-state index is 10.0. The average molecular weight is 255 g/mol. The second-order valence-electron chi connectivity index (χ2n) is 4.61. The molecule has 0 saturated heterocycles. The summed E-state index contributed by atoms with van der Waals surface area (Å²) in [7, 11) is 0. The average Bonchev–Trinajstić information content (AvgIpc) is 2.69. The Morgan fingerprint density at radius 1 is 1.53 bits per heavy atom. The standard InChI is InChI=1S/C12H21N3OS/c1-2-7-17-11-8-14-15(12(11)13)9-5-3-4-6-10(9)16/h8-10,16H,2-7,13H2,1H3. The van der Waals surface area contributed by atoms with Crippen LogP contribution < -0.4 is 5.73 Å². The van der Waals surface area contributed by atoms with Gasteiger partial charge >= 0.3 is 0 Å². The van der Waals surface area contributed by atoms with Crippen LogP contribution in [-0.2, 0) is 0 Å². The summed E-state index contributed by atoms with van der Waals surface area (Å²) >= 11 is 1.74. The van der Waals surface area contributed by atoms with Crippen LogP contribution >= 0.6 is 11.8 Å². The SMILES string of the molecule is CCCSc1cnn(C2CCCCC2O)c1N. The quantitative estimate of drug-likeness (QED) is 0.811. The minimum atomic E-state index is -0.296. The summed E-state index contributed by atoms with van der Waals surface area (Å²) in [5.41, 5.74) is 6.11. The van der Waals surface area contributed by atoms with E-state index in [2.05, 4.69) is 12.0 Å². The molecule has 1 saturated carbocycles. The number of nitrogens with zero attached hydrogens (tertiary/aromatic N) is 2. The molecule has 2 rings (SSSR count). The lowest BCUT2D eigenvalue weighted by Crippen LogP contribution is -2.29. The fraction of sp³-hybridized carbons (Fsp3) is 0.750. The van der Waals surface area contributed by atoms with Crippen LogP contribution in [-0.4, -0.2) is 26.7 Å². The molecule has 0 aromatic carbocycles. The number of nitrogen functional groups attached to an aromatic ring is 1. The molecule has 1 aliphatic carbocycles. The Bertz CT molecular complexity index is 367. The molecule has 4 nitrogen and oxygen atoms in total. The number of aliphatic hydroxyl groups excluding tert-OH is 1. The molecule has 2 atom stereocenters. The van der Waals surface area contributed by atoms with Crippen molar-refractivity contribution in [3.63, 3.8) is 0 Å². The van der Waals surface area contributed by atoms with E-state index in [0.29, 0.717) is 0 Å². The fourth-order valence-electron chi connectivity index (χ4n) is 2.32. The van der Waals surface area contributed by atoms with E-state index >= 15 is 0 Å². The lowest BCUT2D eigenvalue weighted by molar-refractivity contribution is 0.0705. The van der Waals surface area contributed by atoms with Gasteiger partial charge < -0.3 is 10.8 Å². The van der Waals surface area contributed by atoms with Crippen LogP contribution in [0.4, 0.5) is 5.82 Å². The molecule has 0 aliphatic heterocycles. The maximum Gasteiger partial charge on any atom is 0.135 e. The molecule has 1 aliphatic rings. The molecule has 17 heavy (non-hydrogen) atoms. The van der Waals surface area contributed by atoms with E-state index in [9.17, 15) is 5.11 Å². The van der Waals surface area contributed by atoms with E-state index in [4.69, 9.17) is 5.73 Å². The predicted molar refractivity (Wildman–Crippen MR) is 71.2 cm³/mol. The summed E-state index contributed by atoms with van der Waals surface area (Å²) in [6.45, 7) is 2.15. The number of hydrogen-bond acceptors (Lipinski definition) is 4. The van der Waals surface area contributed by atoms with Gasteiger partial charge in [0.05, 0.1) is 23.2 Å². The molecule has 1 aromatic heterocycles. The van der Waals surface area contributed by atoms with Gasteiger partial charge in [0, 0.05) is 0 Å². The number of hydrogen-bond donors (Lipinski definition) is 2. The third-order valence-corrected chi connectivity index (χ3v) is 4.51. The Morgan fingerprint density at radius 2 is 2.29 bits per heavy atom. The van der Waals surface area contributed by atoms with Crippen molar-refractivity contribution in [1.29, 1.82) is 0 Å². The van der Waals surface area contributed by atoms with Crippen LogP contribution in [0.5, 0.6) is 0 Å². The number of aliphatic hydroxyl groups is 1. The number of nitrogens with two attached hydrogens (primary N) is 1. The third kappa shape index (κ3) is 2.77. The Labute approximate surface area is 107 Å². The van der Waals surface area contributed by atoms with E-state index in [1.54, 1.807) is 11.8 Å². The van der Waals surface area contributed by atoms with Gasteiger partial charge in [0.15, 0.2) is 0 Å². The highest BCUT2D eigenvalue weighted by Crippen LogP contribution is 2.33. The zero-order valence-electron chi connectivity index (χ0n) is 10.3. The Morgan fingerprint density at radius 3 is 3.00 bits per heavy atom. The lowest BCUT2D eigenvalue weighted by Gasteiger charge is -2.28. The monoisotopic (exact) mass is 255 g/mol. The number of aromatic nitrogens is 2. The van der Waals surface area contributed by atoms with E-state index in [1.807, 2.05) is 10.9 Å². The molecule has 1 fully saturated rings. The molecule has 0 radical (unpaired) electrons. The van der Waals surface area contributed by atoms with Crippen LogP contribution in [0.3, 0.4) is 0 Å². The van der Waals surface area contributed by atoms with Crippen LogP contribution in [0.15, 0.2) is 11.1 Å². The molecule has 0 bridgehead atoms. The van der Waals surface area contributed by atoms with Crippen LogP contribution in [0.2, 0.25) is 0 Å². The maximum atomic E-state index is 10.0. The first-order valence-corrected chi connectivity index (χ1v) is 7.36. The zero-order valence-corrected chi connectivity index (χ0v) is 11.1. The number of anilines is 1. The molecular weight excluding hydrogens is 234 g/mol. The fourth-order valence-corrected chi connectivity index (χ4v) is 3.11. The summed E-state index contributed by atoms with van der Waals surface area (Å²) in [5.74, 6) is 1.78. The van der Waals surface area contributed by atoms with Crippen molar-refractivity contribution in [2.45, 2.75) is 56.1 Å². The summed E-state index contributed by atoms with van der Waals surface area (Å²) in [6, 6.07) is 0.0692. The van der Waals surface area contributed by atoms with Crippen molar-refractivity contribution >= 4 is 17.6 Å². The first-order valence-electron chi connectivity index (χ1n) is 6.38. The number of rotatable bonds is 4. The van der Waals surface area contributed by atoms with Crippen molar-refractivity contribution in [2.24, 2.45) is 0 Å². The van der Waals surface area contributed by atoms with Gasteiger partial charge in [-0.25, -0.2) is 4.68 Å². The summed E-state index contributed by atoms with van der Waals surface area (Å²) in [5, 5.41) is 14.4.